The number of methoxy groups -OCH3 is 1. The maximum atomic E-state index is 12.1. The summed E-state index contributed by atoms with van der Waals surface area (Å²) in [5.74, 6) is 1.62. The number of nitrogens with zero attached hydrogens (tertiary/aromatic N) is 4. The first-order valence-corrected chi connectivity index (χ1v) is 8.50. The zero-order valence-corrected chi connectivity index (χ0v) is 14.1. The molecule has 7 heteroatoms. The Kier molecular flexibility index (Phi) is 4.84. The zero-order chi connectivity index (χ0) is 16.3. The Bertz CT molecular complexity index is 547. The van der Waals surface area contributed by atoms with E-state index >= 15 is 0 Å². The fraction of sp³-hybridized carbons (Fsp3) is 0.812. The van der Waals surface area contributed by atoms with Crippen LogP contribution in [0.3, 0.4) is 0 Å². The zero-order valence-electron chi connectivity index (χ0n) is 14.1. The number of ether oxygens (including phenoxy) is 1. The summed E-state index contributed by atoms with van der Waals surface area (Å²) in [6.45, 7) is 5.94. The second-order valence-corrected chi connectivity index (χ2v) is 6.67. The third-order valence-corrected chi connectivity index (χ3v) is 5.02. The minimum Gasteiger partial charge on any atom is -0.383 e. The molecule has 128 valence electrons. The van der Waals surface area contributed by atoms with E-state index in [9.17, 15) is 4.79 Å². The van der Waals surface area contributed by atoms with Gasteiger partial charge in [0.25, 0.3) is 5.95 Å². The second kappa shape index (κ2) is 6.86. The number of amides is 1. The number of piperidine rings is 2. The summed E-state index contributed by atoms with van der Waals surface area (Å²) < 4.78 is 10.4. The SMILES string of the molecule is CCc1nc(N2CCC[C@@]3(CCC(=O)N(CCOC)C3)C2)no1. The van der Waals surface area contributed by atoms with Crippen molar-refractivity contribution >= 4 is 11.9 Å². The summed E-state index contributed by atoms with van der Waals surface area (Å²) in [7, 11) is 1.67. The van der Waals surface area contributed by atoms with Crippen LogP contribution in [0.1, 0.15) is 38.5 Å². The molecule has 2 aliphatic heterocycles. The molecule has 1 aromatic rings. The molecule has 7 nitrogen and oxygen atoms in total. The number of aromatic nitrogens is 2. The van der Waals surface area contributed by atoms with Gasteiger partial charge >= 0.3 is 0 Å². The summed E-state index contributed by atoms with van der Waals surface area (Å²) in [6.07, 6.45) is 4.58. The Morgan fingerprint density at radius 3 is 2.96 bits per heavy atom. The van der Waals surface area contributed by atoms with E-state index in [1.807, 2.05) is 11.8 Å². The van der Waals surface area contributed by atoms with Crippen LogP contribution in [0.15, 0.2) is 4.52 Å². The van der Waals surface area contributed by atoms with E-state index < -0.39 is 0 Å². The van der Waals surface area contributed by atoms with Crippen LogP contribution in [0.4, 0.5) is 5.95 Å². The number of likely N-dealkylation sites (tertiary alicyclic amines) is 1. The molecule has 2 fully saturated rings. The molecule has 0 aromatic carbocycles. The molecule has 0 saturated carbocycles. The first-order chi connectivity index (χ1) is 11.2. The predicted octanol–water partition coefficient (Wildman–Crippen LogP) is 1.49. The Morgan fingerprint density at radius 1 is 1.35 bits per heavy atom. The largest absolute Gasteiger partial charge is 0.383 e. The van der Waals surface area contributed by atoms with Gasteiger partial charge in [-0.15, -0.1) is 0 Å². The molecule has 0 radical (unpaired) electrons. The van der Waals surface area contributed by atoms with E-state index in [-0.39, 0.29) is 11.3 Å². The van der Waals surface area contributed by atoms with Crippen molar-refractivity contribution in [1.29, 1.82) is 0 Å². The topological polar surface area (TPSA) is 71.7 Å². The highest BCUT2D eigenvalue weighted by Gasteiger charge is 2.42. The number of aryl methyl sites for hydroxylation is 1. The van der Waals surface area contributed by atoms with Gasteiger partial charge in [-0.3, -0.25) is 4.79 Å². The lowest BCUT2D eigenvalue weighted by molar-refractivity contribution is -0.138. The van der Waals surface area contributed by atoms with E-state index in [1.165, 1.54) is 0 Å². The van der Waals surface area contributed by atoms with Gasteiger partial charge in [0, 0.05) is 51.5 Å². The molecule has 1 spiro atoms. The molecule has 3 rings (SSSR count). The maximum Gasteiger partial charge on any atom is 0.266 e. The maximum absolute atomic E-state index is 12.1. The second-order valence-electron chi connectivity index (χ2n) is 6.67. The number of rotatable bonds is 5. The van der Waals surface area contributed by atoms with Crippen molar-refractivity contribution in [3.63, 3.8) is 0 Å². The highest BCUT2D eigenvalue weighted by Crippen LogP contribution is 2.39. The van der Waals surface area contributed by atoms with Crippen molar-refractivity contribution in [3.05, 3.63) is 5.89 Å². The van der Waals surface area contributed by atoms with Crippen LogP contribution in [-0.4, -0.2) is 60.8 Å². The molecule has 2 aliphatic rings. The molecule has 1 atom stereocenters. The fourth-order valence-electron chi connectivity index (χ4n) is 3.74. The number of hydrogen-bond donors (Lipinski definition) is 0. The first-order valence-electron chi connectivity index (χ1n) is 8.50. The quantitative estimate of drug-likeness (QED) is 0.818. The lowest BCUT2D eigenvalue weighted by Crippen LogP contribution is -2.54. The summed E-state index contributed by atoms with van der Waals surface area (Å²) in [6, 6.07) is 0. The molecule has 2 saturated heterocycles. The van der Waals surface area contributed by atoms with Gasteiger partial charge < -0.3 is 19.1 Å². The van der Waals surface area contributed by atoms with Crippen LogP contribution < -0.4 is 4.90 Å². The van der Waals surface area contributed by atoms with Crippen molar-refractivity contribution in [2.45, 2.75) is 39.0 Å². The van der Waals surface area contributed by atoms with E-state index in [1.54, 1.807) is 7.11 Å². The molecule has 23 heavy (non-hydrogen) atoms. The smallest absolute Gasteiger partial charge is 0.266 e. The number of carbonyl (C=O) groups is 1. The Labute approximate surface area is 137 Å². The minimum atomic E-state index is 0.146. The monoisotopic (exact) mass is 322 g/mol. The summed E-state index contributed by atoms with van der Waals surface area (Å²) >= 11 is 0. The van der Waals surface area contributed by atoms with Crippen molar-refractivity contribution in [2.24, 2.45) is 5.41 Å². The molecule has 0 bridgehead atoms. The van der Waals surface area contributed by atoms with E-state index in [0.29, 0.717) is 31.4 Å². The molecule has 0 aliphatic carbocycles. The number of carbonyl (C=O) groups excluding carboxylic acids is 1. The standard InChI is InChI=1S/C16H26N4O3/c1-3-13-17-15(18-23-13)20-8-4-6-16(12-20)7-5-14(21)19(11-16)9-10-22-2/h3-12H2,1-2H3/t16-/m0/s1. The lowest BCUT2D eigenvalue weighted by Gasteiger charge is -2.47. The molecule has 1 amide bonds. The number of hydrogen-bond acceptors (Lipinski definition) is 6. The fourth-order valence-corrected chi connectivity index (χ4v) is 3.74. The lowest BCUT2D eigenvalue weighted by atomic mass is 9.73. The normalized spacial score (nSPS) is 25.4. The van der Waals surface area contributed by atoms with Gasteiger partial charge in [-0.05, 0) is 24.4 Å². The third-order valence-electron chi connectivity index (χ3n) is 5.02. The molecular weight excluding hydrogens is 296 g/mol. The van der Waals surface area contributed by atoms with E-state index in [4.69, 9.17) is 9.26 Å². The Balaban J connectivity index is 1.69. The molecule has 0 N–H and O–H groups in total. The highest BCUT2D eigenvalue weighted by atomic mass is 16.5. The van der Waals surface area contributed by atoms with E-state index in [0.717, 1.165) is 45.3 Å². The average Bonchev–Trinajstić information content (AvgIpc) is 3.05. The van der Waals surface area contributed by atoms with Crippen LogP contribution in [0, 0.1) is 5.41 Å². The van der Waals surface area contributed by atoms with Crippen molar-refractivity contribution in [1.82, 2.24) is 15.0 Å². The van der Waals surface area contributed by atoms with Gasteiger partial charge in [-0.25, -0.2) is 0 Å². The Hall–Kier alpha value is -1.63. The van der Waals surface area contributed by atoms with Gasteiger partial charge in [-0.1, -0.05) is 6.92 Å². The van der Waals surface area contributed by atoms with Crippen molar-refractivity contribution < 1.29 is 14.1 Å². The van der Waals surface area contributed by atoms with Gasteiger partial charge in [0.15, 0.2) is 0 Å². The molecule has 3 heterocycles. The van der Waals surface area contributed by atoms with Gasteiger partial charge in [0.1, 0.15) is 0 Å². The molecule has 0 unspecified atom stereocenters. The van der Waals surface area contributed by atoms with Gasteiger partial charge in [0.05, 0.1) is 6.61 Å². The predicted molar refractivity (Wildman–Crippen MR) is 85.2 cm³/mol. The highest BCUT2D eigenvalue weighted by molar-refractivity contribution is 5.77. The van der Waals surface area contributed by atoms with Gasteiger partial charge in [0.2, 0.25) is 11.8 Å². The third kappa shape index (κ3) is 3.49. The van der Waals surface area contributed by atoms with Crippen LogP contribution in [0.5, 0.6) is 0 Å². The van der Waals surface area contributed by atoms with Crippen LogP contribution in [-0.2, 0) is 16.0 Å². The average molecular weight is 322 g/mol. The van der Waals surface area contributed by atoms with Crippen LogP contribution in [0.2, 0.25) is 0 Å². The van der Waals surface area contributed by atoms with Crippen molar-refractivity contribution in [3.8, 4) is 0 Å². The minimum absolute atomic E-state index is 0.146. The van der Waals surface area contributed by atoms with E-state index in [2.05, 4.69) is 15.0 Å². The van der Waals surface area contributed by atoms with Gasteiger partial charge in [-0.2, -0.15) is 4.98 Å². The number of anilines is 1. The summed E-state index contributed by atoms with van der Waals surface area (Å²) in [5.41, 5.74) is 0.146. The first kappa shape index (κ1) is 16.2. The van der Waals surface area contributed by atoms with Crippen LogP contribution >= 0.6 is 0 Å². The molecule has 1 aromatic heterocycles. The van der Waals surface area contributed by atoms with Crippen LogP contribution in [0.25, 0.3) is 0 Å². The summed E-state index contributed by atoms with van der Waals surface area (Å²) in [5, 5.41) is 4.11. The Morgan fingerprint density at radius 2 is 2.22 bits per heavy atom. The molecular formula is C16H26N4O3. The summed E-state index contributed by atoms with van der Waals surface area (Å²) in [4.78, 5) is 20.8. The van der Waals surface area contributed by atoms with Crippen molar-refractivity contribution in [2.75, 3.05) is 44.8 Å².